The summed E-state index contributed by atoms with van der Waals surface area (Å²) in [5, 5.41) is 12.4. The molecule has 2 rings (SSSR count). The molecule has 1 saturated carbocycles. The van der Waals surface area contributed by atoms with Crippen LogP contribution in [0.4, 0.5) is 0 Å². The van der Waals surface area contributed by atoms with Crippen LogP contribution in [0, 0.1) is 11.3 Å². The molecule has 1 heterocycles. The molecule has 0 spiro atoms. The van der Waals surface area contributed by atoms with Gasteiger partial charge in [0.1, 0.15) is 5.54 Å². The molecule has 1 unspecified atom stereocenters. The third-order valence-corrected chi connectivity index (χ3v) is 5.20. The number of carbonyl (C=O) groups excluding carboxylic acids is 2. The molecule has 2 N–H and O–H groups in total. The first kappa shape index (κ1) is 18.7. The number of likely N-dealkylation sites (tertiary alicyclic amines) is 1. The minimum Gasteiger partial charge on any atom is -0.480 e. The van der Waals surface area contributed by atoms with E-state index in [4.69, 9.17) is 0 Å². The van der Waals surface area contributed by atoms with Gasteiger partial charge in [-0.1, -0.05) is 40.0 Å². The maximum absolute atomic E-state index is 12.7. The average molecular weight is 338 g/mol. The number of nitrogens with zero attached hydrogens (tertiary/aromatic N) is 1. The maximum Gasteiger partial charge on any atom is 0.329 e. The van der Waals surface area contributed by atoms with Gasteiger partial charge in [0, 0.05) is 18.5 Å². The van der Waals surface area contributed by atoms with E-state index < -0.39 is 16.9 Å². The lowest BCUT2D eigenvalue weighted by atomic mass is 9.81. The predicted octanol–water partition coefficient (Wildman–Crippen LogP) is 2.17. The number of amides is 2. The standard InChI is InChI=1S/C18H30N2O4/c1-17(2,3)15(22)20-11-7-8-13(12-20)14(21)19-18(16(23)24)9-5-4-6-10-18/h13H,4-12H2,1-3H3,(H,19,21)(H,23,24). The van der Waals surface area contributed by atoms with Crippen LogP contribution in [0.2, 0.25) is 0 Å². The van der Waals surface area contributed by atoms with Crippen LogP contribution < -0.4 is 5.32 Å². The van der Waals surface area contributed by atoms with Crippen molar-refractivity contribution in [1.29, 1.82) is 0 Å². The first-order valence-electron chi connectivity index (χ1n) is 9.00. The Labute approximate surface area is 144 Å². The molecule has 6 nitrogen and oxygen atoms in total. The second kappa shape index (κ2) is 7.11. The van der Waals surface area contributed by atoms with Gasteiger partial charge in [0.15, 0.2) is 0 Å². The van der Waals surface area contributed by atoms with Crippen LogP contribution in [0.15, 0.2) is 0 Å². The fourth-order valence-corrected chi connectivity index (χ4v) is 3.74. The lowest BCUT2D eigenvalue weighted by Crippen LogP contribution is -2.58. The van der Waals surface area contributed by atoms with E-state index in [1.807, 2.05) is 20.8 Å². The number of aliphatic carboxylic acids is 1. The molecule has 1 aliphatic carbocycles. The van der Waals surface area contributed by atoms with Crippen LogP contribution in [0.3, 0.4) is 0 Å². The number of nitrogens with one attached hydrogen (secondary N) is 1. The zero-order valence-electron chi connectivity index (χ0n) is 15.1. The second-order valence-corrected chi connectivity index (χ2v) is 8.28. The minimum absolute atomic E-state index is 0.0469. The Morgan fingerprint density at radius 1 is 1.08 bits per heavy atom. The van der Waals surface area contributed by atoms with Crippen LogP contribution >= 0.6 is 0 Å². The zero-order valence-corrected chi connectivity index (χ0v) is 15.1. The molecule has 0 aromatic carbocycles. The molecule has 24 heavy (non-hydrogen) atoms. The van der Waals surface area contributed by atoms with Gasteiger partial charge in [-0.3, -0.25) is 9.59 Å². The topological polar surface area (TPSA) is 86.7 Å². The monoisotopic (exact) mass is 338 g/mol. The minimum atomic E-state index is -1.12. The van der Waals surface area contributed by atoms with E-state index >= 15 is 0 Å². The Balaban J connectivity index is 2.03. The summed E-state index contributed by atoms with van der Waals surface area (Å²) in [5.74, 6) is -1.42. The van der Waals surface area contributed by atoms with Crippen molar-refractivity contribution in [3.05, 3.63) is 0 Å². The Hall–Kier alpha value is -1.59. The van der Waals surface area contributed by atoms with Crippen LogP contribution in [-0.4, -0.2) is 46.4 Å². The van der Waals surface area contributed by atoms with E-state index in [0.717, 1.165) is 25.7 Å². The number of piperidine rings is 1. The zero-order chi connectivity index (χ0) is 18.0. The third kappa shape index (κ3) is 4.08. The van der Waals surface area contributed by atoms with E-state index in [2.05, 4.69) is 5.32 Å². The van der Waals surface area contributed by atoms with E-state index in [9.17, 15) is 19.5 Å². The molecule has 0 aromatic rings. The highest BCUT2D eigenvalue weighted by molar-refractivity contribution is 5.89. The highest BCUT2D eigenvalue weighted by atomic mass is 16.4. The highest BCUT2D eigenvalue weighted by Gasteiger charge is 2.43. The van der Waals surface area contributed by atoms with Gasteiger partial charge in [-0.2, -0.15) is 0 Å². The van der Waals surface area contributed by atoms with E-state index in [1.165, 1.54) is 0 Å². The molecule has 0 radical (unpaired) electrons. The molecular weight excluding hydrogens is 308 g/mol. The molecule has 0 bridgehead atoms. The number of rotatable bonds is 3. The molecule has 1 saturated heterocycles. The summed E-state index contributed by atoms with van der Waals surface area (Å²) in [5.41, 5.74) is -1.59. The third-order valence-electron chi connectivity index (χ3n) is 5.20. The summed E-state index contributed by atoms with van der Waals surface area (Å²) in [6.07, 6.45) is 5.13. The van der Waals surface area contributed by atoms with Gasteiger partial charge in [0.25, 0.3) is 0 Å². The quantitative estimate of drug-likeness (QED) is 0.826. The molecule has 136 valence electrons. The van der Waals surface area contributed by atoms with Crippen molar-refractivity contribution in [3.8, 4) is 0 Å². The number of hydrogen-bond acceptors (Lipinski definition) is 3. The Morgan fingerprint density at radius 3 is 2.25 bits per heavy atom. The second-order valence-electron chi connectivity index (χ2n) is 8.28. The SMILES string of the molecule is CC(C)(C)C(=O)N1CCCC(C(=O)NC2(C(=O)O)CCCCC2)C1. The molecule has 1 atom stereocenters. The van der Waals surface area contributed by atoms with Gasteiger partial charge >= 0.3 is 5.97 Å². The lowest BCUT2D eigenvalue weighted by Gasteiger charge is -2.39. The van der Waals surface area contributed by atoms with Gasteiger partial charge < -0.3 is 15.3 Å². The van der Waals surface area contributed by atoms with Crippen molar-refractivity contribution in [2.75, 3.05) is 13.1 Å². The first-order valence-corrected chi connectivity index (χ1v) is 9.00. The Bertz CT molecular complexity index is 504. The van der Waals surface area contributed by atoms with Gasteiger partial charge in [0.05, 0.1) is 5.92 Å². The summed E-state index contributed by atoms with van der Waals surface area (Å²) in [4.78, 5) is 38.6. The smallest absolute Gasteiger partial charge is 0.329 e. The van der Waals surface area contributed by atoms with Gasteiger partial charge in [0.2, 0.25) is 11.8 Å². The van der Waals surface area contributed by atoms with Crippen molar-refractivity contribution in [2.24, 2.45) is 11.3 Å². The number of carboxylic acid groups (broad SMARTS) is 1. The van der Waals surface area contributed by atoms with Gasteiger partial charge in [-0.25, -0.2) is 4.79 Å². The molecule has 1 aliphatic heterocycles. The highest BCUT2D eigenvalue weighted by Crippen LogP contribution is 2.30. The summed E-state index contributed by atoms with van der Waals surface area (Å²) in [7, 11) is 0. The van der Waals surface area contributed by atoms with Gasteiger partial charge in [-0.05, 0) is 25.7 Å². The summed E-state index contributed by atoms with van der Waals surface area (Å²) >= 11 is 0. The molecule has 2 aliphatic rings. The average Bonchev–Trinajstić information content (AvgIpc) is 2.54. The Kier molecular flexibility index (Phi) is 5.56. The van der Waals surface area contributed by atoms with Crippen molar-refractivity contribution in [3.63, 3.8) is 0 Å². The molecule has 2 amide bonds. The first-order chi connectivity index (χ1) is 11.2. The van der Waals surface area contributed by atoms with E-state index in [0.29, 0.717) is 32.4 Å². The maximum atomic E-state index is 12.7. The van der Waals surface area contributed by atoms with Gasteiger partial charge in [-0.15, -0.1) is 0 Å². The normalized spacial score (nSPS) is 24.3. The van der Waals surface area contributed by atoms with Crippen molar-refractivity contribution >= 4 is 17.8 Å². The summed E-state index contributed by atoms with van der Waals surface area (Å²) < 4.78 is 0. The molecule has 6 heteroatoms. The fourth-order valence-electron chi connectivity index (χ4n) is 3.74. The Morgan fingerprint density at radius 2 is 1.71 bits per heavy atom. The number of hydrogen-bond donors (Lipinski definition) is 2. The van der Waals surface area contributed by atoms with Crippen LogP contribution in [0.25, 0.3) is 0 Å². The van der Waals surface area contributed by atoms with Crippen molar-refractivity contribution in [1.82, 2.24) is 10.2 Å². The largest absolute Gasteiger partial charge is 0.480 e. The van der Waals surface area contributed by atoms with Crippen LogP contribution in [0.5, 0.6) is 0 Å². The predicted molar refractivity (Wildman–Crippen MR) is 90.4 cm³/mol. The van der Waals surface area contributed by atoms with E-state index in [1.54, 1.807) is 4.90 Å². The van der Waals surface area contributed by atoms with Crippen LogP contribution in [-0.2, 0) is 14.4 Å². The van der Waals surface area contributed by atoms with Crippen molar-refractivity contribution in [2.45, 2.75) is 71.3 Å². The fraction of sp³-hybridized carbons (Fsp3) is 0.833. The number of carboxylic acids is 1. The molecule has 2 fully saturated rings. The lowest BCUT2D eigenvalue weighted by molar-refractivity contribution is -0.151. The number of carbonyl (C=O) groups is 3. The molecular formula is C18H30N2O4. The summed E-state index contributed by atoms with van der Waals surface area (Å²) in [6, 6.07) is 0. The van der Waals surface area contributed by atoms with Crippen LogP contribution in [0.1, 0.15) is 65.7 Å². The van der Waals surface area contributed by atoms with Crippen molar-refractivity contribution < 1.29 is 19.5 Å². The summed E-state index contributed by atoms with van der Waals surface area (Å²) in [6.45, 7) is 6.68. The molecule has 0 aromatic heterocycles. The van der Waals surface area contributed by atoms with E-state index in [-0.39, 0.29) is 17.7 Å².